The molecule has 0 aromatic rings. The molecule has 0 bridgehead atoms. The lowest BCUT2D eigenvalue weighted by Gasteiger charge is -2.32. The highest BCUT2D eigenvalue weighted by Crippen LogP contribution is 2.00. The van der Waals surface area contributed by atoms with Gasteiger partial charge in [0, 0.05) is 52.4 Å². The van der Waals surface area contributed by atoms with E-state index >= 15 is 0 Å². The average molecular weight is 298 g/mol. The molecule has 0 aliphatic carbocycles. The molecule has 0 aromatic heterocycles. The summed E-state index contributed by atoms with van der Waals surface area (Å²) in [5, 5.41) is 2.66. The van der Waals surface area contributed by atoms with Crippen LogP contribution < -0.4 is 5.32 Å². The summed E-state index contributed by atoms with van der Waals surface area (Å²) in [6.45, 7) is 6.12. The number of hydrogen-bond donors (Lipinski definition) is 1. The summed E-state index contributed by atoms with van der Waals surface area (Å²) >= 11 is 0. The second-order valence-electron chi connectivity index (χ2n) is 5.14. The number of ether oxygens (including phenoxy) is 1. The Bertz CT molecular complexity index is 376. The molecule has 0 unspecified atom stereocenters. The minimum absolute atomic E-state index is 0.411. The van der Waals surface area contributed by atoms with Crippen LogP contribution in [0, 0.1) is 0 Å². The Hall–Kier alpha value is -1.67. The molecule has 0 saturated carbocycles. The molecule has 118 valence electrons. The number of hydrogen-bond acceptors (Lipinski definition) is 5. The lowest BCUT2D eigenvalue weighted by Crippen LogP contribution is -2.52. The first kappa shape index (κ1) is 15.7. The van der Waals surface area contributed by atoms with Crippen LogP contribution in [0.3, 0.4) is 0 Å². The molecular formula is C13H22N4O4. The van der Waals surface area contributed by atoms with Gasteiger partial charge in [-0.1, -0.05) is 0 Å². The fraction of sp³-hybridized carbons (Fsp3) is 0.769. The zero-order valence-electron chi connectivity index (χ0n) is 12.1. The van der Waals surface area contributed by atoms with Crippen molar-refractivity contribution in [2.45, 2.75) is 0 Å². The van der Waals surface area contributed by atoms with E-state index in [1.807, 2.05) is 0 Å². The van der Waals surface area contributed by atoms with E-state index in [1.165, 1.54) is 4.90 Å². The maximum absolute atomic E-state index is 11.9. The number of nitrogens with zero attached hydrogens (tertiary/aromatic N) is 3. The van der Waals surface area contributed by atoms with E-state index in [-0.39, 0.29) is 0 Å². The SMILES string of the molecule is O=CN1CCN(C(=O)C(=O)NCCN2CCOCC2)CC1. The zero-order valence-corrected chi connectivity index (χ0v) is 12.1. The molecule has 2 rings (SSSR count). The van der Waals surface area contributed by atoms with Crippen LogP contribution in [0.25, 0.3) is 0 Å². The van der Waals surface area contributed by atoms with Crippen LogP contribution in [0.2, 0.25) is 0 Å². The molecule has 0 aromatic carbocycles. The first-order valence-electron chi connectivity index (χ1n) is 7.27. The van der Waals surface area contributed by atoms with Gasteiger partial charge in [0.05, 0.1) is 13.2 Å². The number of morpholine rings is 1. The van der Waals surface area contributed by atoms with E-state index in [2.05, 4.69) is 10.2 Å². The quantitative estimate of drug-likeness (QED) is 0.468. The zero-order chi connectivity index (χ0) is 15.1. The van der Waals surface area contributed by atoms with E-state index in [0.717, 1.165) is 26.0 Å². The first-order valence-corrected chi connectivity index (χ1v) is 7.27. The van der Waals surface area contributed by atoms with Crippen LogP contribution in [0.15, 0.2) is 0 Å². The Kier molecular flexibility index (Phi) is 5.94. The van der Waals surface area contributed by atoms with E-state index < -0.39 is 11.8 Å². The Morgan fingerprint density at radius 2 is 1.71 bits per heavy atom. The third kappa shape index (κ3) is 4.68. The van der Waals surface area contributed by atoms with Crippen molar-refractivity contribution >= 4 is 18.2 Å². The van der Waals surface area contributed by atoms with E-state index in [4.69, 9.17) is 4.74 Å². The van der Waals surface area contributed by atoms with Gasteiger partial charge in [0.25, 0.3) is 0 Å². The molecule has 0 spiro atoms. The molecule has 8 heteroatoms. The van der Waals surface area contributed by atoms with E-state index in [1.54, 1.807) is 4.90 Å². The lowest BCUT2D eigenvalue weighted by atomic mass is 10.3. The van der Waals surface area contributed by atoms with Gasteiger partial charge in [-0.3, -0.25) is 19.3 Å². The number of nitrogens with one attached hydrogen (secondary N) is 1. The van der Waals surface area contributed by atoms with Crippen LogP contribution in [0.5, 0.6) is 0 Å². The lowest BCUT2D eigenvalue weighted by molar-refractivity contribution is -0.147. The Morgan fingerprint density at radius 1 is 1.05 bits per heavy atom. The maximum atomic E-state index is 11.9. The highest BCUT2D eigenvalue weighted by molar-refractivity contribution is 6.35. The van der Waals surface area contributed by atoms with Crippen molar-refractivity contribution in [1.82, 2.24) is 20.0 Å². The third-order valence-corrected chi connectivity index (χ3v) is 3.76. The van der Waals surface area contributed by atoms with Crippen molar-refractivity contribution in [2.24, 2.45) is 0 Å². The summed E-state index contributed by atoms with van der Waals surface area (Å²) in [5.74, 6) is -1.08. The summed E-state index contributed by atoms with van der Waals surface area (Å²) < 4.78 is 5.24. The van der Waals surface area contributed by atoms with Gasteiger partial charge in [0.1, 0.15) is 0 Å². The van der Waals surface area contributed by atoms with Crippen LogP contribution in [0.1, 0.15) is 0 Å². The van der Waals surface area contributed by atoms with Gasteiger partial charge >= 0.3 is 11.8 Å². The molecule has 0 atom stereocenters. The molecule has 1 N–H and O–H groups in total. The normalized spacial score (nSPS) is 20.2. The Labute approximate surface area is 124 Å². The largest absolute Gasteiger partial charge is 0.379 e. The van der Waals surface area contributed by atoms with Crippen LogP contribution in [-0.2, 0) is 19.1 Å². The second kappa shape index (κ2) is 7.94. The Morgan fingerprint density at radius 3 is 2.33 bits per heavy atom. The predicted molar refractivity (Wildman–Crippen MR) is 74.5 cm³/mol. The molecular weight excluding hydrogens is 276 g/mol. The fourth-order valence-electron chi connectivity index (χ4n) is 2.40. The summed E-state index contributed by atoms with van der Waals surface area (Å²) in [5.41, 5.74) is 0. The smallest absolute Gasteiger partial charge is 0.312 e. The maximum Gasteiger partial charge on any atom is 0.312 e. The van der Waals surface area contributed by atoms with Crippen molar-refractivity contribution in [1.29, 1.82) is 0 Å². The second-order valence-corrected chi connectivity index (χ2v) is 5.14. The van der Waals surface area contributed by atoms with Crippen LogP contribution >= 0.6 is 0 Å². The highest BCUT2D eigenvalue weighted by Gasteiger charge is 2.25. The standard InChI is InChI=1S/C13H22N4O4/c18-11-16-3-5-17(6-4-16)13(20)12(19)14-1-2-15-7-9-21-10-8-15/h11H,1-10H2,(H,14,19). The van der Waals surface area contributed by atoms with Gasteiger partial charge in [-0.05, 0) is 0 Å². The summed E-state index contributed by atoms with van der Waals surface area (Å²) in [6.07, 6.45) is 0.768. The van der Waals surface area contributed by atoms with E-state index in [9.17, 15) is 14.4 Å². The van der Waals surface area contributed by atoms with E-state index in [0.29, 0.717) is 45.9 Å². The molecule has 8 nitrogen and oxygen atoms in total. The minimum atomic E-state index is -0.567. The van der Waals surface area contributed by atoms with Gasteiger partial charge in [-0.25, -0.2) is 0 Å². The molecule has 3 amide bonds. The minimum Gasteiger partial charge on any atom is -0.379 e. The number of rotatable bonds is 4. The molecule has 0 radical (unpaired) electrons. The number of carbonyl (C=O) groups is 3. The van der Waals surface area contributed by atoms with Crippen molar-refractivity contribution in [2.75, 3.05) is 65.6 Å². The summed E-state index contributed by atoms with van der Waals surface area (Å²) in [4.78, 5) is 39.6. The molecule has 2 fully saturated rings. The van der Waals surface area contributed by atoms with Crippen molar-refractivity contribution in [3.63, 3.8) is 0 Å². The average Bonchev–Trinajstić information content (AvgIpc) is 2.55. The first-order chi connectivity index (χ1) is 10.2. The molecule has 21 heavy (non-hydrogen) atoms. The predicted octanol–water partition coefficient (Wildman–Crippen LogP) is -2.26. The number of carbonyl (C=O) groups excluding carboxylic acids is 3. The van der Waals surface area contributed by atoms with Crippen molar-refractivity contribution in [3.8, 4) is 0 Å². The number of amides is 3. The van der Waals surface area contributed by atoms with Crippen molar-refractivity contribution < 1.29 is 19.1 Å². The topological polar surface area (TPSA) is 82.2 Å². The molecule has 2 aliphatic heterocycles. The monoisotopic (exact) mass is 298 g/mol. The number of piperazine rings is 1. The van der Waals surface area contributed by atoms with Gasteiger partial charge in [-0.15, -0.1) is 0 Å². The Balaban J connectivity index is 1.65. The summed E-state index contributed by atoms with van der Waals surface area (Å²) in [7, 11) is 0. The summed E-state index contributed by atoms with van der Waals surface area (Å²) in [6, 6.07) is 0. The third-order valence-electron chi connectivity index (χ3n) is 3.76. The van der Waals surface area contributed by atoms with Gasteiger partial charge in [0.2, 0.25) is 6.41 Å². The molecule has 2 heterocycles. The van der Waals surface area contributed by atoms with Crippen LogP contribution in [0.4, 0.5) is 0 Å². The van der Waals surface area contributed by atoms with Crippen molar-refractivity contribution in [3.05, 3.63) is 0 Å². The highest BCUT2D eigenvalue weighted by atomic mass is 16.5. The van der Waals surface area contributed by atoms with Crippen LogP contribution in [-0.4, -0.2) is 98.5 Å². The molecule has 2 aliphatic rings. The fourth-order valence-corrected chi connectivity index (χ4v) is 2.40. The van der Waals surface area contributed by atoms with Gasteiger partial charge in [-0.2, -0.15) is 0 Å². The molecule has 2 saturated heterocycles. The van der Waals surface area contributed by atoms with Gasteiger partial charge in [0.15, 0.2) is 0 Å². The van der Waals surface area contributed by atoms with Gasteiger partial charge < -0.3 is 19.9 Å².